The van der Waals surface area contributed by atoms with E-state index >= 15 is 0 Å². The van der Waals surface area contributed by atoms with Gasteiger partial charge >= 0.3 is 0 Å². The first-order valence-corrected chi connectivity index (χ1v) is 6.76. The third-order valence-electron chi connectivity index (χ3n) is 1.61. The number of hydrogen-bond acceptors (Lipinski definition) is 2. The van der Waals surface area contributed by atoms with E-state index in [4.69, 9.17) is 11.6 Å². The molecule has 0 unspecified atom stereocenters. The fourth-order valence-electron chi connectivity index (χ4n) is 1.03. The van der Waals surface area contributed by atoms with E-state index in [1.807, 2.05) is 18.2 Å². The third kappa shape index (κ3) is 3.00. The lowest BCUT2D eigenvalue weighted by molar-refractivity contribution is 1.00. The zero-order chi connectivity index (χ0) is 10.8. The number of hydrogen-bond donors (Lipinski definition) is 1. The minimum Gasteiger partial charge on any atom is -0.283 e. The molecule has 2 aromatic rings. The Balaban J connectivity index is 2.28. The molecule has 1 aromatic heterocycles. The van der Waals surface area contributed by atoms with Crippen LogP contribution in [0.25, 0.3) is 0 Å². The Morgan fingerprint density at radius 1 is 1.20 bits per heavy atom. The van der Waals surface area contributed by atoms with Crippen LogP contribution in [0.5, 0.6) is 0 Å². The molecule has 0 bridgehead atoms. The molecule has 0 aliphatic carbocycles. The maximum atomic E-state index is 5.93. The molecule has 0 atom stereocenters. The van der Waals surface area contributed by atoms with Crippen molar-refractivity contribution in [2.75, 3.05) is 0 Å². The summed E-state index contributed by atoms with van der Waals surface area (Å²) in [4.78, 5) is 1.07. The summed E-state index contributed by atoms with van der Waals surface area (Å²) in [6.45, 7) is 0. The molecule has 0 spiro atoms. The molecular weight excluding hydrogens is 363 g/mol. The van der Waals surface area contributed by atoms with Crippen LogP contribution in [0.3, 0.4) is 0 Å². The highest BCUT2D eigenvalue weighted by atomic mass is 79.9. The predicted molar refractivity (Wildman–Crippen MR) is 69.6 cm³/mol. The van der Waals surface area contributed by atoms with E-state index in [1.54, 1.807) is 6.20 Å². The molecule has 1 aromatic carbocycles. The van der Waals surface area contributed by atoms with Crippen LogP contribution in [0, 0.1) is 0 Å². The number of nitrogens with zero attached hydrogens (tertiary/aromatic N) is 1. The maximum Gasteiger partial charge on any atom is 0.141 e. The number of H-pyrrole nitrogens is 1. The SMILES string of the molecule is Clc1c[nH]nc1Sc1cc(Br)cc(Br)c1. The monoisotopic (exact) mass is 366 g/mol. The lowest BCUT2D eigenvalue weighted by atomic mass is 10.4. The predicted octanol–water partition coefficient (Wildman–Crippen LogP) is 4.74. The van der Waals surface area contributed by atoms with Crippen LogP contribution < -0.4 is 0 Å². The molecule has 0 aliphatic rings. The highest BCUT2D eigenvalue weighted by Gasteiger charge is 2.06. The van der Waals surface area contributed by atoms with Gasteiger partial charge in [0.25, 0.3) is 0 Å². The largest absolute Gasteiger partial charge is 0.283 e. The Labute approximate surface area is 113 Å². The lowest BCUT2D eigenvalue weighted by Gasteiger charge is -2.00. The van der Waals surface area contributed by atoms with E-state index in [0.717, 1.165) is 18.9 Å². The summed E-state index contributed by atoms with van der Waals surface area (Å²) >= 11 is 14.3. The molecule has 78 valence electrons. The molecule has 15 heavy (non-hydrogen) atoms. The van der Waals surface area contributed by atoms with Crippen LogP contribution in [-0.4, -0.2) is 10.2 Å². The summed E-state index contributed by atoms with van der Waals surface area (Å²) in [5.74, 6) is 0. The number of aromatic amines is 1. The fraction of sp³-hybridized carbons (Fsp3) is 0. The Morgan fingerprint density at radius 3 is 2.40 bits per heavy atom. The second kappa shape index (κ2) is 4.91. The molecule has 2 nitrogen and oxygen atoms in total. The Hall–Kier alpha value is 0.0300. The van der Waals surface area contributed by atoms with E-state index in [-0.39, 0.29) is 0 Å². The molecular formula is C9H5Br2ClN2S. The summed E-state index contributed by atoms with van der Waals surface area (Å²) in [6, 6.07) is 6.01. The first kappa shape index (κ1) is 11.5. The number of nitrogens with one attached hydrogen (secondary N) is 1. The van der Waals surface area contributed by atoms with Gasteiger partial charge in [-0.05, 0) is 18.2 Å². The van der Waals surface area contributed by atoms with Crippen molar-refractivity contribution in [3.05, 3.63) is 38.4 Å². The second-order valence-electron chi connectivity index (χ2n) is 2.75. The van der Waals surface area contributed by atoms with Crippen molar-refractivity contribution in [3.63, 3.8) is 0 Å². The zero-order valence-corrected chi connectivity index (χ0v) is 12.0. The van der Waals surface area contributed by atoms with Crippen LogP contribution in [0.2, 0.25) is 5.02 Å². The van der Waals surface area contributed by atoms with Crippen molar-refractivity contribution >= 4 is 55.2 Å². The molecule has 2 rings (SSSR count). The summed E-state index contributed by atoms with van der Waals surface area (Å²) in [6.07, 6.45) is 1.66. The molecule has 0 fully saturated rings. The van der Waals surface area contributed by atoms with Gasteiger partial charge in [-0.15, -0.1) is 0 Å². The van der Waals surface area contributed by atoms with Gasteiger partial charge < -0.3 is 0 Å². The highest BCUT2D eigenvalue weighted by molar-refractivity contribution is 9.11. The number of rotatable bonds is 2. The van der Waals surface area contributed by atoms with Crippen LogP contribution in [0.4, 0.5) is 0 Å². The van der Waals surface area contributed by atoms with E-state index in [2.05, 4.69) is 42.1 Å². The maximum absolute atomic E-state index is 5.93. The quantitative estimate of drug-likeness (QED) is 0.829. The number of benzene rings is 1. The zero-order valence-electron chi connectivity index (χ0n) is 7.30. The third-order valence-corrected chi connectivity index (χ3v) is 3.90. The fourth-order valence-corrected chi connectivity index (χ4v) is 3.69. The minimum atomic E-state index is 0.635. The highest BCUT2D eigenvalue weighted by Crippen LogP contribution is 2.34. The van der Waals surface area contributed by atoms with Crippen LogP contribution in [0.15, 0.2) is 43.3 Å². The standard InChI is InChI=1S/C9H5Br2ClN2S/c10-5-1-6(11)3-7(2-5)15-9-8(12)4-13-14-9/h1-4H,(H,13,14). The van der Waals surface area contributed by atoms with Gasteiger partial charge in [0.1, 0.15) is 5.03 Å². The van der Waals surface area contributed by atoms with Gasteiger partial charge in [-0.25, -0.2) is 0 Å². The van der Waals surface area contributed by atoms with Crippen molar-refractivity contribution in [1.82, 2.24) is 10.2 Å². The van der Waals surface area contributed by atoms with Crippen molar-refractivity contribution < 1.29 is 0 Å². The Morgan fingerprint density at radius 2 is 1.87 bits per heavy atom. The van der Waals surface area contributed by atoms with Gasteiger partial charge in [0.2, 0.25) is 0 Å². The van der Waals surface area contributed by atoms with Gasteiger partial charge in [-0.1, -0.05) is 55.2 Å². The molecule has 1 N–H and O–H groups in total. The van der Waals surface area contributed by atoms with Crippen molar-refractivity contribution in [2.45, 2.75) is 9.92 Å². The first-order valence-electron chi connectivity index (χ1n) is 3.98. The molecule has 6 heteroatoms. The van der Waals surface area contributed by atoms with Crippen molar-refractivity contribution in [3.8, 4) is 0 Å². The van der Waals surface area contributed by atoms with E-state index in [9.17, 15) is 0 Å². The summed E-state index contributed by atoms with van der Waals surface area (Å²) in [7, 11) is 0. The Bertz CT molecular complexity index is 466. The van der Waals surface area contributed by atoms with E-state index in [1.165, 1.54) is 11.8 Å². The normalized spacial score (nSPS) is 10.6. The smallest absolute Gasteiger partial charge is 0.141 e. The average molecular weight is 368 g/mol. The number of halogens is 3. The number of aromatic nitrogens is 2. The van der Waals surface area contributed by atoms with E-state index in [0.29, 0.717) is 5.02 Å². The van der Waals surface area contributed by atoms with Crippen LogP contribution in [0.1, 0.15) is 0 Å². The average Bonchev–Trinajstić information content (AvgIpc) is 2.50. The van der Waals surface area contributed by atoms with Crippen molar-refractivity contribution in [2.24, 2.45) is 0 Å². The van der Waals surface area contributed by atoms with Crippen molar-refractivity contribution in [1.29, 1.82) is 0 Å². The first-order chi connectivity index (χ1) is 7.15. The molecule has 0 aliphatic heterocycles. The van der Waals surface area contributed by atoms with Gasteiger partial charge in [-0.3, -0.25) is 5.10 Å². The van der Waals surface area contributed by atoms with Crippen LogP contribution >= 0.6 is 55.2 Å². The second-order valence-corrected chi connectivity index (χ2v) is 6.05. The Kier molecular flexibility index (Phi) is 3.77. The van der Waals surface area contributed by atoms with Gasteiger partial charge in [-0.2, -0.15) is 5.10 Å². The summed E-state index contributed by atoms with van der Waals surface area (Å²) in [5.41, 5.74) is 0. The summed E-state index contributed by atoms with van der Waals surface area (Å²) < 4.78 is 2.04. The van der Waals surface area contributed by atoms with Gasteiger partial charge in [0.15, 0.2) is 0 Å². The molecule has 0 saturated carbocycles. The minimum absolute atomic E-state index is 0.635. The topological polar surface area (TPSA) is 28.7 Å². The molecule has 0 radical (unpaired) electrons. The summed E-state index contributed by atoms with van der Waals surface area (Å²) in [5, 5.41) is 8.18. The van der Waals surface area contributed by atoms with Gasteiger partial charge in [0.05, 0.1) is 5.02 Å². The molecule has 0 amide bonds. The molecule has 0 saturated heterocycles. The van der Waals surface area contributed by atoms with E-state index < -0.39 is 0 Å². The van der Waals surface area contributed by atoms with Gasteiger partial charge in [0, 0.05) is 20.0 Å². The van der Waals surface area contributed by atoms with Crippen LogP contribution in [-0.2, 0) is 0 Å². The lowest BCUT2D eigenvalue weighted by Crippen LogP contribution is -1.76. The molecule has 1 heterocycles.